The number of para-hydroxylation sites is 1. The minimum atomic E-state index is -1.05. The van der Waals surface area contributed by atoms with Crippen LogP contribution in [0.4, 0.5) is 10.1 Å². The van der Waals surface area contributed by atoms with E-state index in [2.05, 4.69) is 15.6 Å². The Morgan fingerprint density at radius 3 is 2.62 bits per heavy atom. The van der Waals surface area contributed by atoms with Crippen molar-refractivity contribution in [3.8, 4) is 5.75 Å². The Kier molecular flexibility index (Phi) is 8.12. The van der Waals surface area contributed by atoms with E-state index in [1.807, 2.05) is 31.2 Å². The highest BCUT2D eigenvalue weighted by Gasteiger charge is 2.34. The van der Waals surface area contributed by atoms with Gasteiger partial charge < -0.3 is 14.8 Å². The van der Waals surface area contributed by atoms with E-state index in [0.717, 1.165) is 12.8 Å². The minimum Gasteiger partial charge on any atom is -0.494 e. The molecule has 202 valence electrons. The monoisotopic (exact) mass is 531 g/mol. The highest BCUT2D eigenvalue weighted by Crippen LogP contribution is 2.30. The average Bonchev–Trinajstić information content (AvgIpc) is 3.62. The van der Waals surface area contributed by atoms with Gasteiger partial charge in [0, 0.05) is 18.8 Å². The van der Waals surface area contributed by atoms with Crippen LogP contribution in [0.5, 0.6) is 5.75 Å². The van der Waals surface area contributed by atoms with E-state index in [9.17, 15) is 14.0 Å². The first-order chi connectivity index (χ1) is 19.0. The number of aromatic nitrogens is 3. The standard InChI is InChI=1S/C29H30FN5O4/c1-2-38-23-15-9-20(10-16-23)28(29(37)31-18-24-6-5-17-39-24)35(22-13-11-21(30)12-14-22)27(36)19-34-26-8-4-3-7-25(26)32-33-34/h3-4,7-16,24,28H,2,5-6,17-19H2,1H3,(H,31,37)/t24-,28-/m0/s1. The second kappa shape index (κ2) is 12.0. The van der Waals surface area contributed by atoms with Crippen molar-refractivity contribution >= 4 is 28.5 Å². The Morgan fingerprint density at radius 2 is 1.90 bits per heavy atom. The van der Waals surface area contributed by atoms with Crippen LogP contribution in [0.3, 0.4) is 0 Å². The fourth-order valence-electron chi connectivity index (χ4n) is 4.72. The second-order valence-electron chi connectivity index (χ2n) is 9.26. The third-order valence-corrected chi connectivity index (χ3v) is 6.62. The summed E-state index contributed by atoms with van der Waals surface area (Å²) in [6, 6.07) is 18.8. The number of anilines is 1. The summed E-state index contributed by atoms with van der Waals surface area (Å²) in [7, 11) is 0. The topological polar surface area (TPSA) is 98.6 Å². The molecule has 5 rings (SSSR count). The molecule has 0 saturated carbocycles. The van der Waals surface area contributed by atoms with Crippen molar-refractivity contribution in [1.29, 1.82) is 0 Å². The van der Waals surface area contributed by atoms with Gasteiger partial charge in [0.1, 0.15) is 29.7 Å². The van der Waals surface area contributed by atoms with Crippen molar-refractivity contribution in [2.45, 2.75) is 38.5 Å². The first-order valence-corrected chi connectivity index (χ1v) is 13.0. The molecule has 4 aromatic rings. The van der Waals surface area contributed by atoms with Gasteiger partial charge in [-0.2, -0.15) is 0 Å². The van der Waals surface area contributed by atoms with E-state index in [4.69, 9.17) is 9.47 Å². The largest absolute Gasteiger partial charge is 0.494 e. The summed E-state index contributed by atoms with van der Waals surface area (Å²) in [5.74, 6) is -0.596. The van der Waals surface area contributed by atoms with Gasteiger partial charge in [-0.1, -0.05) is 29.5 Å². The molecule has 10 heteroatoms. The predicted molar refractivity (Wildman–Crippen MR) is 144 cm³/mol. The van der Waals surface area contributed by atoms with Crippen LogP contribution in [-0.2, 0) is 20.9 Å². The van der Waals surface area contributed by atoms with Crippen LogP contribution in [0, 0.1) is 5.82 Å². The van der Waals surface area contributed by atoms with Crippen molar-refractivity contribution in [2.24, 2.45) is 0 Å². The lowest BCUT2D eigenvalue weighted by molar-refractivity contribution is -0.127. The molecule has 0 aliphatic carbocycles. The molecule has 1 saturated heterocycles. The zero-order chi connectivity index (χ0) is 27.2. The number of hydrogen-bond donors (Lipinski definition) is 1. The number of benzene rings is 3. The number of fused-ring (bicyclic) bond motifs is 1. The number of carbonyl (C=O) groups excluding carboxylic acids is 2. The number of halogens is 1. The number of nitrogens with zero attached hydrogens (tertiary/aromatic N) is 4. The molecule has 1 aliphatic rings. The first-order valence-electron chi connectivity index (χ1n) is 13.0. The van der Waals surface area contributed by atoms with Crippen molar-refractivity contribution in [3.63, 3.8) is 0 Å². The minimum absolute atomic E-state index is 0.0774. The molecule has 0 unspecified atom stereocenters. The number of rotatable bonds is 10. The number of ether oxygens (including phenoxy) is 2. The van der Waals surface area contributed by atoms with E-state index in [1.165, 1.54) is 33.8 Å². The third-order valence-electron chi connectivity index (χ3n) is 6.62. The lowest BCUT2D eigenvalue weighted by Crippen LogP contribution is -2.46. The van der Waals surface area contributed by atoms with E-state index < -0.39 is 17.8 Å². The summed E-state index contributed by atoms with van der Waals surface area (Å²) in [6.45, 7) is 3.19. The highest BCUT2D eigenvalue weighted by molar-refractivity contribution is 6.01. The normalized spacial score (nSPS) is 15.7. The Hall–Kier alpha value is -4.31. The Labute approximate surface area is 225 Å². The summed E-state index contributed by atoms with van der Waals surface area (Å²) in [6.07, 6.45) is 1.72. The summed E-state index contributed by atoms with van der Waals surface area (Å²) in [5, 5.41) is 11.3. The summed E-state index contributed by atoms with van der Waals surface area (Å²) >= 11 is 0. The molecular formula is C29H30FN5O4. The van der Waals surface area contributed by atoms with Gasteiger partial charge in [0.15, 0.2) is 0 Å². The maximum atomic E-state index is 14.0. The fourth-order valence-corrected chi connectivity index (χ4v) is 4.72. The zero-order valence-corrected chi connectivity index (χ0v) is 21.6. The van der Waals surface area contributed by atoms with Crippen molar-refractivity contribution < 1.29 is 23.5 Å². The van der Waals surface area contributed by atoms with Gasteiger partial charge >= 0.3 is 0 Å². The maximum Gasteiger partial charge on any atom is 0.249 e. The quantitative estimate of drug-likeness (QED) is 0.332. The molecule has 1 N–H and O–H groups in total. The van der Waals surface area contributed by atoms with Gasteiger partial charge in [-0.25, -0.2) is 9.07 Å². The number of nitrogens with one attached hydrogen (secondary N) is 1. The molecule has 1 fully saturated rings. The van der Waals surface area contributed by atoms with Crippen molar-refractivity contribution in [2.75, 3.05) is 24.7 Å². The van der Waals surface area contributed by atoms with Gasteiger partial charge in [-0.05, 0) is 73.9 Å². The fraction of sp³-hybridized carbons (Fsp3) is 0.310. The van der Waals surface area contributed by atoms with Crippen LogP contribution in [0.25, 0.3) is 11.0 Å². The summed E-state index contributed by atoms with van der Waals surface area (Å²) in [4.78, 5) is 29.2. The summed E-state index contributed by atoms with van der Waals surface area (Å²) in [5.41, 5.74) is 2.28. The average molecular weight is 532 g/mol. The van der Waals surface area contributed by atoms with Crippen LogP contribution in [0.2, 0.25) is 0 Å². The van der Waals surface area contributed by atoms with E-state index in [-0.39, 0.29) is 18.6 Å². The van der Waals surface area contributed by atoms with Gasteiger partial charge in [-0.3, -0.25) is 14.5 Å². The Bertz CT molecular complexity index is 1420. The van der Waals surface area contributed by atoms with Crippen molar-refractivity contribution in [1.82, 2.24) is 20.3 Å². The molecule has 0 spiro atoms. The number of hydrogen-bond acceptors (Lipinski definition) is 6. The molecule has 0 bridgehead atoms. The molecule has 9 nitrogen and oxygen atoms in total. The summed E-state index contributed by atoms with van der Waals surface area (Å²) < 4.78 is 26.6. The molecule has 0 radical (unpaired) electrons. The van der Waals surface area contributed by atoms with Gasteiger partial charge in [0.2, 0.25) is 11.8 Å². The van der Waals surface area contributed by atoms with E-state index in [0.29, 0.717) is 47.8 Å². The first kappa shape index (κ1) is 26.3. The SMILES string of the molecule is CCOc1ccc([C@@H](C(=O)NC[C@@H]2CCCO2)N(C(=O)Cn2nnc3ccccc32)c2ccc(F)cc2)cc1. The van der Waals surface area contributed by atoms with Crippen LogP contribution in [0.1, 0.15) is 31.4 Å². The number of amides is 2. The Balaban J connectivity index is 1.52. The van der Waals surface area contributed by atoms with Crippen LogP contribution in [-0.4, -0.2) is 52.7 Å². The van der Waals surface area contributed by atoms with E-state index in [1.54, 1.807) is 24.3 Å². The number of carbonyl (C=O) groups is 2. The highest BCUT2D eigenvalue weighted by atomic mass is 19.1. The smallest absolute Gasteiger partial charge is 0.249 e. The molecule has 2 amide bonds. The van der Waals surface area contributed by atoms with Gasteiger partial charge in [0.25, 0.3) is 0 Å². The molecule has 2 heterocycles. The van der Waals surface area contributed by atoms with Gasteiger partial charge in [-0.15, -0.1) is 5.10 Å². The lowest BCUT2D eigenvalue weighted by atomic mass is 10.0. The maximum absolute atomic E-state index is 14.0. The molecule has 1 aromatic heterocycles. The van der Waals surface area contributed by atoms with Gasteiger partial charge in [0.05, 0.1) is 18.2 Å². The van der Waals surface area contributed by atoms with Crippen LogP contribution < -0.4 is 15.0 Å². The van der Waals surface area contributed by atoms with E-state index >= 15 is 0 Å². The molecule has 1 aliphatic heterocycles. The zero-order valence-electron chi connectivity index (χ0n) is 21.6. The van der Waals surface area contributed by atoms with Crippen LogP contribution >= 0.6 is 0 Å². The third kappa shape index (κ3) is 6.06. The second-order valence-corrected chi connectivity index (χ2v) is 9.26. The molecular weight excluding hydrogens is 501 g/mol. The lowest BCUT2D eigenvalue weighted by Gasteiger charge is -2.32. The van der Waals surface area contributed by atoms with Crippen LogP contribution in [0.15, 0.2) is 72.8 Å². The van der Waals surface area contributed by atoms with Crippen molar-refractivity contribution in [3.05, 3.63) is 84.2 Å². The predicted octanol–water partition coefficient (Wildman–Crippen LogP) is 4.04. The molecule has 39 heavy (non-hydrogen) atoms. The molecule has 3 aromatic carbocycles. The molecule has 2 atom stereocenters. The Morgan fingerprint density at radius 1 is 1.13 bits per heavy atom.